The highest BCUT2D eigenvalue weighted by molar-refractivity contribution is 5.86. The molecule has 0 bridgehead atoms. The molecule has 136 valence electrons. The number of hydrogen-bond acceptors (Lipinski definition) is 4. The molecule has 24 heavy (non-hydrogen) atoms. The van der Waals surface area contributed by atoms with Crippen molar-refractivity contribution in [3.05, 3.63) is 0 Å². The Morgan fingerprint density at radius 2 is 2.00 bits per heavy atom. The van der Waals surface area contributed by atoms with E-state index in [9.17, 15) is 14.4 Å². The van der Waals surface area contributed by atoms with Crippen LogP contribution in [0.1, 0.15) is 44.9 Å². The Morgan fingerprint density at radius 3 is 2.71 bits per heavy atom. The third-order valence-corrected chi connectivity index (χ3v) is 5.08. The van der Waals surface area contributed by atoms with E-state index in [1.54, 1.807) is 24.0 Å². The average molecular weight is 339 g/mol. The molecule has 0 aromatic heterocycles. The highest BCUT2D eigenvalue weighted by Gasteiger charge is 2.45. The van der Waals surface area contributed by atoms with Crippen LogP contribution in [0.15, 0.2) is 0 Å². The Morgan fingerprint density at radius 1 is 1.21 bits per heavy atom. The molecule has 0 radical (unpaired) electrons. The van der Waals surface area contributed by atoms with Gasteiger partial charge in [-0.05, 0) is 25.7 Å². The summed E-state index contributed by atoms with van der Waals surface area (Å²) in [5, 5.41) is 2.63. The Bertz CT molecular complexity index is 482. The molecule has 2 saturated heterocycles. The maximum Gasteiger partial charge on any atom is 0.242 e. The summed E-state index contributed by atoms with van der Waals surface area (Å²) in [6, 6.07) is 0. The van der Waals surface area contributed by atoms with Gasteiger partial charge >= 0.3 is 0 Å². The molecule has 3 amide bonds. The third-order valence-electron chi connectivity index (χ3n) is 5.08. The Hall–Kier alpha value is -1.63. The number of likely N-dealkylation sites (tertiary alicyclic amines) is 2. The van der Waals surface area contributed by atoms with Gasteiger partial charge in [-0.25, -0.2) is 0 Å². The van der Waals surface area contributed by atoms with Crippen molar-refractivity contribution in [3.8, 4) is 0 Å². The second-order valence-corrected chi connectivity index (χ2v) is 6.78. The number of carbonyl (C=O) groups is 3. The van der Waals surface area contributed by atoms with Crippen LogP contribution < -0.4 is 5.32 Å². The van der Waals surface area contributed by atoms with Crippen LogP contribution in [-0.2, 0) is 19.1 Å². The van der Waals surface area contributed by atoms with E-state index in [4.69, 9.17) is 4.74 Å². The van der Waals surface area contributed by atoms with Crippen molar-refractivity contribution >= 4 is 17.7 Å². The van der Waals surface area contributed by atoms with Gasteiger partial charge < -0.3 is 19.9 Å². The second kappa shape index (κ2) is 8.46. The zero-order chi connectivity index (χ0) is 17.6. The summed E-state index contributed by atoms with van der Waals surface area (Å²) in [7, 11) is 3.19. The van der Waals surface area contributed by atoms with Gasteiger partial charge in [-0.15, -0.1) is 0 Å². The molecular formula is C17H29N3O4. The molecule has 0 aromatic rings. The smallest absolute Gasteiger partial charge is 0.242 e. The summed E-state index contributed by atoms with van der Waals surface area (Å²) in [6.07, 6.45) is 5.22. The first-order valence-electron chi connectivity index (χ1n) is 8.80. The second-order valence-electron chi connectivity index (χ2n) is 6.78. The molecule has 0 unspecified atom stereocenters. The molecule has 0 spiro atoms. The molecule has 2 rings (SSSR count). The van der Waals surface area contributed by atoms with Crippen molar-refractivity contribution in [2.24, 2.45) is 0 Å². The fraction of sp³-hybridized carbons (Fsp3) is 0.824. The summed E-state index contributed by atoms with van der Waals surface area (Å²) in [6.45, 7) is 1.70. The first kappa shape index (κ1) is 18.7. The number of nitrogens with one attached hydrogen (secondary N) is 1. The molecule has 0 saturated carbocycles. The highest BCUT2D eigenvalue weighted by atomic mass is 16.5. The summed E-state index contributed by atoms with van der Waals surface area (Å²) in [5.41, 5.74) is -0.596. The van der Waals surface area contributed by atoms with Crippen LogP contribution >= 0.6 is 0 Å². The van der Waals surface area contributed by atoms with Crippen LogP contribution in [-0.4, -0.2) is 73.5 Å². The average Bonchev–Trinajstić information content (AvgIpc) is 2.85. The van der Waals surface area contributed by atoms with Crippen molar-refractivity contribution in [2.75, 3.05) is 40.4 Å². The number of methoxy groups -OCH3 is 1. The Kier molecular flexibility index (Phi) is 6.60. The van der Waals surface area contributed by atoms with E-state index in [0.717, 1.165) is 32.1 Å². The molecule has 2 heterocycles. The Balaban J connectivity index is 2.09. The number of ether oxygens (including phenoxy) is 1. The van der Waals surface area contributed by atoms with E-state index in [1.165, 1.54) is 0 Å². The van der Waals surface area contributed by atoms with Crippen LogP contribution in [0, 0.1) is 0 Å². The zero-order valence-electron chi connectivity index (χ0n) is 14.8. The van der Waals surface area contributed by atoms with Crippen molar-refractivity contribution < 1.29 is 19.1 Å². The van der Waals surface area contributed by atoms with Crippen molar-refractivity contribution in [1.82, 2.24) is 15.1 Å². The van der Waals surface area contributed by atoms with Gasteiger partial charge in [0.1, 0.15) is 0 Å². The molecular weight excluding hydrogens is 310 g/mol. The number of amides is 3. The molecule has 0 aliphatic carbocycles. The molecule has 2 aliphatic heterocycles. The van der Waals surface area contributed by atoms with Gasteiger partial charge in [0.15, 0.2) is 0 Å². The van der Waals surface area contributed by atoms with Gasteiger partial charge in [0.05, 0.1) is 25.1 Å². The minimum atomic E-state index is -0.596. The van der Waals surface area contributed by atoms with E-state index in [2.05, 4.69) is 5.32 Å². The Labute approximate surface area is 143 Å². The minimum absolute atomic E-state index is 0.0590. The number of hydrogen-bond donors (Lipinski definition) is 1. The third kappa shape index (κ3) is 4.26. The lowest BCUT2D eigenvalue weighted by molar-refractivity contribution is -0.145. The lowest BCUT2D eigenvalue weighted by Gasteiger charge is -2.38. The SMILES string of the molecule is CNC(=O)C[C@@]1(COC)CCCN1C(=O)CN1CCCCCC1=O. The molecule has 2 fully saturated rings. The number of nitrogens with zero attached hydrogens (tertiary/aromatic N) is 2. The topological polar surface area (TPSA) is 79.0 Å². The molecule has 7 nitrogen and oxygen atoms in total. The zero-order valence-corrected chi connectivity index (χ0v) is 14.8. The van der Waals surface area contributed by atoms with Crippen molar-refractivity contribution in [3.63, 3.8) is 0 Å². The monoisotopic (exact) mass is 339 g/mol. The highest BCUT2D eigenvalue weighted by Crippen LogP contribution is 2.33. The maximum absolute atomic E-state index is 12.9. The minimum Gasteiger partial charge on any atom is -0.382 e. The van der Waals surface area contributed by atoms with Gasteiger partial charge in [0, 0.05) is 33.7 Å². The van der Waals surface area contributed by atoms with Gasteiger partial charge in [0.25, 0.3) is 0 Å². The molecule has 0 aromatic carbocycles. The standard InChI is InChI=1S/C17H29N3O4/c1-18-14(21)11-17(13-24-2)8-6-10-20(17)16(23)12-19-9-5-3-4-7-15(19)22/h3-13H2,1-2H3,(H,18,21)/t17-/m1/s1. The van der Waals surface area contributed by atoms with Crippen LogP contribution in [0.4, 0.5) is 0 Å². The quantitative estimate of drug-likeness (QED) is 0.766. The van der Waals surface area contributed by atoms with Crippen molar-refractivity contribution in [2.45, 2.75) is 50.5 Å². The summed E-state index contributed by atoms with van der Waals surface area (Å²) >= 11 is 0. The summed E-state index contributed by atoms with van der Waals surface area (Å²) in [4.78, 5) is 40.4. The lowest BCUT2D eigenvalue weighted by Crippen LogP contribution is -2.55. The summed E-state index contributed by atoms with van der Waals surface area (Å²) in [5.74, 6) is -0.120. The normalized spacial score (nSPS) is 24.8. The first-order chi connectivity index (χ1) is 11.5. The van der Waals surface area contributed by atoms with Crippen molar-refractivity contribution in [1.29, 1.82) is 0 Å². The van der Waals surface area contributed by atoms with Gasteiger partial charge in [-0.2, -0.15) is 0 Å². The number of rotatable bonds is 6. The van der Waals surface area contributed by atoms with Crippen LogP contribution in [0.3, 0.4) is 0 Å². The predicted octanol–water partition coefficient (Wildman–Crippen LogP) is 0.533. The molecule has 2 aliphatic rings. The van der Waals surface area contributed by atoms with Crippen LogP contribution in [0.2, 0.25) is 0 Å². The largest absolute Gasteiger partial charge is 0.382 e. The van der Waals surface area contributed by atoms with E-state index in [-0.39, 0.29) is 30.7 Å². The van der Waals surface area contributed by atoms with Gasteiger partial charge in [0.2, 0.25) is 17.7 Å². The first-order valence-corrected chi connectivity index (χ1v) is 8.80. The molecule has 1 N–H and O–H groups in total. The van der Waals surface area contributed by atoms with Gasteiger partial charge in [-0.3, -0.25) is 14.4 Å². The lowest BCUT2D eigenvalue weighted by atomic mass is 9.92. The van der Waals surface area contributed by atoms with E-state index in [1.807, 2.05) is 0 Å². The maximum atomic E-state index is 12.9. The van der Waals surface area contributed by atoms with Crippen LogP contribution in [0.25, 0.3) is 0 Å². The van der Waals surface area contributed by atoms with Crippen LogP contribution in [0.5, 0.6) is 0 Å². The van der Waals surface area contributed by atoms with E-state index in [0.29, 0.717) is 26.1 Å². The van der Waals surface area contributed by atoms with E-state index >= 15 is 0 Å². The molecule has 1 atom stereocenters. The summed E-state index contributed by atoms with van der Waals surface area (Å²) < 4.78 is 5.33. The van der Waals surface area contributed by atoms with E-state index < -0.39 is 5.54 Å². The molecule has 7 heteroatoms. The predicted molar refractivity (Wildman–Crippen MR) is 89.3 cm³/mol. The fourth-order valence-corrected chi connectivity index (χ4v) is 3.82. The van der Waals surface area contributed by atoms with Gasteiger partial charge in [-0.1, -0.05) is 6.42 Å². The number of carbonyl (C=O) groups excluding carboxylic acids is 3. The fourth-order valence-electron chi connectivity index (χ4n) is 3.82.